The molecule has 3 rings (SSSR count). The number of fused-ring (bicyclic) bond motifs is 1. The van der Waals surface area contributed by atoms with E-state index in [-0.39, 0.29) is 17.9 Å². The molecule has 2 aromatic rings. The maximum absolute atomic E-state index is 12.5. The third-order valence-corrected chi connectivity index (χ3v) is 4.08. The van der Waals surface area contributed by atoms with Gasteiger partial charge in [0.25, 0.3) is 5.91 Å². The lowest BCUT2D eigenvalue weighted by Gasteiger charge is -2.40. The highest BCUT2D eigenvalue weighted by molar-refractivity contribution is 5.97. The molecule has 0 spiro atoms. The predicted molar refractivity (Wildman–Crippen MR) is 82.7 cm³/mol. The van der Waals surface area contributed by atoms with Crippen LogP contribution in [0.25, 0.3) is 11.0 Å². The Hall–Kier alpha value is -1.92. The van der Waals surface area contributed by atoms with E-state index < -0.39 is 0 Å². The van der Waals surface area contributed by atoms with Gasteiger partial charge in [-0.25, -0.2) is 4.98 Å². The van der Waals surface area contributed by atoms with Gasteiger partial charge in [-0.3, -0.25) is 4.79 Å². The van der Waals surface area contributed by atoms with Crippen molar-refractivity contribution >= 4 is 16.9 Å². The normalized spacial score (nSPS) is 16.5. The average Bonchev–Trinajstić information content (AvgIpc) is 2.87. The fourth-order valence-electron chi connectivity index (χ4n) is 2.89. The van der Waals surface area contributed by atoms with Crippen LogP contribution >= 0.6 is 0 Å². The molecule has 2 heterocycles. The number of rotatable bonds is 5. The topological polar surface area (TPSA) is 67.6 Å². The van der Waals surface area contributed by atoms with Gasteiger partial charge >= 0.3 is 0 Å². The molecule has 0 radical (unpaired) electrons. The van der Waals surface area contributed by atoms with Gasteiger partial charge in [0.15, 0.2) is 0 Å². The molecule has 0 saturated carbocycles. The number of amides is 1. The Bertz CT molecular complexity index is 691. The van der Waals surface area contributed by atoms with Crippen LogP contribution in [0.4, 0.5) is 0 Å². The van der Waals surface area contributed by atoms with Gasteiger partial charge in [-0.15, -0.1) is 0 Å². The van der Waals surface area contributed by atoms with Crippen molar-refractivity contribution < 1.29 is 14.6 Å². The van der Waals surface area contributed by atoms with E-state index in [2.05, 4.69) is 11.9 Å². The Balaban J connectivity index is 1.78. The molecule has 118 valence electrons. The van der Waals surface area contributed by atoms with Crippen LogP contribution in [-0.2, 0) is 11.3 Å². The van der Waals surface area contributed by atoms with E-state index in [4.69, 9.17) is 9.84 Å². The highest BCUT2D eigenvalue weighted by atomic mass is 16.5. The van der Waals surface area contributed by atoms with Crippen LogP contribution in [0.5, 0.6) is 0 Å². The Kier molecular flexibility index (Phi) is 3.88. The predicted octanol–water partition coefficient (Wildman–Crippen LogP) is 1.14. The van der Waals surface area contributed by atoms with E-state index >= 15 is 0 Å². The molecule has 0 unspecified atom stereocenters. The second kappa shape index (κ2) is 5.70. The van der Waals surface area contributed by atoms with Gasteiger partial charge in [0.2, 0.25) is 0 Å². The molecule has 1 aromatic heterocycles. The zero-order chi connectivity index (χ0) is 15.7. The monoisotopic (exact) mass is 303 g/mol. The summed E-state index contributed by atoms with van der Waals surface area (Å²) in [6, 6.07) is 5.51. The second-order valence-electron chi connectivity index (χ2n) is 6.33. The summed E-state index contributed by atoms with van der Waals surface area (Å²) in [5, 5.41) is 9.03. The quantitative estimate of drug-likeness (QED) is 0.899. The van der Waals surface area contributed by atoms with Crippen molar-refractivity contribution in [3.63, 3.8) is 0 Å². The number of benzene rings is 1. The summed E-state index contributed by atoms with van der Waals surface area (Å²) < 4.78 is 7.11. The van der Waals surface area contributed by atoms with Gasteiger partial charge in [0, 0.05) is 31.1 Å². The van der Waals surface area contributed by atoms with Crippen molar-refractivity contribution in [3.8, 4) is 0 Å². The molecule has 22 heavy (non-hydrogen) atoms. The maximum atomic E-state index is 12.5. The number of aromatic nitrogens is 2. The van der Waals surface area contributed by atoms with Gasteiger partial charge < -0.3 is 19.3 Å². The minimum atomic E-state index is -0.00765. The van der Waals surface area contributed by atoms with E-state index in [1.807, 2.05) is 29.8 Å². The molecule has 6 nitrogen and oxygen atoms in total. The molecule has 1 aromatic carbocycles. The van der Waals surface area contributed by atoms with Crippen LogP contribution in [0.1, 0.15) is 17.3 Å². The largest absolute Gasteiger partial charge is 0.395 e. The SMILES string of the molecule is CN(CC1(C)COC1)C(=O)c1ccc2c(c1)ncn2CCO. The molecular formula is C16H21N3O3. The van der Waals surface area contributed by atoms with Crippen molar-refractivity contribution in [1.29, 1.82) is 0 Å². The number of ether oxygens (including phenoxy) is 1. The van der Waals surface area contributed by atoms with Gasteiger partial charge in [0.05, 0.1) is 37.2 Å². The Morgan fingerprint density at radius 3 is 2.91 bits per heavy atom. The third kappa shape index (κ3) is 2.71. The van der Waals surface area contributed by atoms with E-state index in [0.29, 0.717) is 31.9 Å². The van der Waals surface area contributed by atoms with Crippen LogP contribution in [0.2, 0.25) is 0 Å². The molecular weight excluding hydrogens is 282 g/mol. The van der Waals surface area contributed by atoms with Crippen molar-refractivity contribution in [2.45, 2.75) is 13.5 Å². The summed E-state index contributed by atoms with van der Waals surface area (Å²) in [5.41, 5.74) is 2.39. The van der Waals surface area contributed by atoms with Crippen molar-refractivity contribution in [2.75, 3.05) is 33.4 Å². The Morgan fingerprint density at radius 2 is 2.27 bits per heavy atom. The van der Waals surface area contributed by atoms with Crippen LogP contribution in [0, 0.1) is 5.41 Å². The number of carbonyl (C=O) groups excluding carboxylic acids is 1. The van der Waals surface area contributed by atoms with Gasteiger partial charge in [-0.1, -0.05) is 6.92 Å². The first kappa shape index (κ1) is 15.0. The zero-order valence-electron chi connectivity index (χ0n) is 13.0. The van der Waals surface area contributed by atoms with E-state index in [1.165, 1.54) is 0 Å². The number of hydrogen-bond donors (Lipinski definition) is 1. The summed E-state index contributed by atoms with van der Waals surface area (Å²) >= 11 is 0. The first-order chi connectivity index (χ1) is 10.5. The van der Waals surface area contributed by atoms with Crippen molar-refractivity contribution in [1.82, 2.24) is 14.5 Å². The summed E-state index contributed by atoms with van der Waals surface area (Å²) in [6.07, 6.45) is 1.69. The van der Waals surface area contributed by atoms with Crippen LogP contribution in [0.3, 0.4) is 0 Å². The van der Waals surface area contributed by atoms with E-state index in [0.717, 1.165) is 11.0 Å². The molecule has 1 fully saturated rings. The minimum absolute atomic E-state index is 0.00765. The molecule has 6 heteroatoms. The summed E-state index contributed by atoms with van der Waals surface area (Å²) in [4.78, 5) is 18.6. The highest BCUT2D eigenvalue weighted by Gasteiger charge is 2.35. The van der Waals surface area contributed by atoms with Crippen molar-refractivity contribution in [2.24, 2.45) is 5.41 Å². The minimum Gasteiger partial charge on any atom is -0.395 e. The Labute approximate surface area is 129 Å². The molecule has 1 N–H and O–H groups in total. The first-order valence-corrected chi connectivity index (χ1v) is 7.41. The van der Waals surface area contributed by atoms with Crippen LogP contribution in [-0.4, -0.2) is 58.9 Å². The second-order valence-corrected chi connectivity index (χ2v) is 6.33. The molecule has 1 aliphatic heterocycles. The lowest BCUT2D eigenvalue weighted by molar-refractivity contribution is -0.109. The first-order valence-electron chi connectivity index (χ1n) is 7.41. The van der Waals surface area contributed by atoms with Crippen molar-refractivity contribution in [3.05, 3.63) is 30.1 Å². The third-order valence-electron chi connectivity index (χ3n) is 4.08. The standard InChI is InChI=1S/C16H21N3O3/c1-16(9-22-10-16)8-18(2)15(21)12-3-4-14-13(7-12)17-11-19(14)5-6-20/h3-4,7,11,20H,5-6,8-10H2,1-2H3. The molecule has 1 amide bonds. The molecule has 0 atom stereocenters. The number of imidazole rings is 1. The molecule has 1 aliphatic rings. The van der Waals surface area contributed by atoms with Crippen LogP contribution in [0.15, 0.2) is 24.5 Å². The van der Waals surface area contributed by atoms with Gasteiger partial charge in [-0.2, -0.15) is 0 Å². The van der Waals surface area contributed by atoms with E-state index in [1.54, 1.807) is 11.2 Å². The summed E-state index contributed by atoms with van der Waals surface area (Å²) in [6.45, 7) is 4.78. The lowest BCUT2D eigenvalue weighted by Crippen LogP contribution is -2.49. The number of aliphatic hydroxyl groups excluding tert-OH is 1. The molecule has 1 saturated heterocycles. The molecule has 0 bridgehead atoms. The number of nitrogens with zero attached hydrogens (tertiary/aromatic N) is 3. The van der Waals surface area contributed by atoms with Crippen LogP contribution < -0.4 is 0 Å². The zero-order valence-corrected chi connectivity index (χ0v) is 13.0. The average molecular weight is 303 g/mol. The highest BCUT2D eigenvalue weighted by Crippen LogP contribution is 2.27. The fourth-order valence-corrected chi connectivity index (χ4v) is 2.89. The lowest BCUT2D eigenvalue weighted by atomic mass is 9.88. The van der Waals surface area contributed by atoms with Gasteiger partial charge in [0.1, 0.15) is 0 Å². The number of aliphatic hydroxyl groups is 1. The van der Waals surface area contributed by atoms with E-state index in [9.17, 15) is 4.79 Å². The Morgan fingerprint density at radius 1 is 1.50 bits per heavy atom. The number of hydrogen-bond acceptors (Lipinski definition) is 4. The summed E-state index contributed by atoms with van der Waals surface area (Å²) in [7, 11) is 1.82. The number of carbonyl (C=O) groups is 1. The molecule has 0 aliphatic carbocycles. The fraction of sp³-hybridized carbons (Fsp3) is 0.500. The maximum Gasteiger partial charge on any atom is 0.253 e. The smallest absolute Gasteiger partial charge is 0.253 e. The van der Waals surface area contributed by atoms with Gasteiger partial charge in [-0.05, 0) is 18.2 Å². The summed E-state index contributed by atoms with van der Waals surface area (Å²) in [5.74, 6) is -0.00765.